The van der Waals surface area contributed by atoms with E-state index in [4.69, 9.17) is 4.74 Å². The van der Waals surface area contributed by atoms with Gasteiger partial charge < -0.3 is 10.1 Å². The molecule has 1 amide bonds. The smallest absolute Gasteiger partial charge is 0.310 e. The zero-order valence-electron chi connectivity index (χ0n) is 17.4. The van der Waals surface area contributed by atoms with Crippen LogP contribution in [0.3, 0.4) is 0 Å². The van der Waals surface area contributed by atoms with Gasteiger partial charge in [0.15, 0.2) is 12.4 Å². The van der Waals surface area contributed by atoms with Gasteiger partial charge in [-0.15, -0.1) is 0 Å². The molecule has 0 heterocycles. The molecule has 4 atom stereocenters. The minimum Gasteiger partial charge on any atom is -0.455 e. The summed E-state index contributed by atoms with van der Waals surface area (Å²) in [6, 6.07) is 14.8. The number of aryl methyl sites for hydroxylation is 2. The number of hydrogen-bond donors (Lipinski definition) is 1. The highest BCUT2D eigenvalue weighted by atomic mass is 16.5. The van der Waals surface area contributed by atoms with Crippen molar-refractivity contribution in [2.24, 2.45) is 23.7 Å². The Morgan fingerprint density at radius 2 is 1.63 bits per heavy atom. The molecule has 156 valence electrons. The van der Waals surface area contributed by atoms with Gasteiger partial charge in [0.2, 0.25) is 0 Å². The van der Waals surface area contributed by atoms with Crippen LogP contribution in [0.4, 0.5) is 5.69 Å². The number of nitrogens with one attached hydrogen (secondary N) is 1. The van der Waals surface area contributed by atoms with Crippen LogP contribution >= 0.6 is 0 Å². The molecule has 4 rings (SSSR count). The monoisotopic (exact) mass is 405 g/mol. The Kier molecular flexibility index (Phi) is 5.71. The van der Waals surface area contributed by atoms with E-state index < -0.39 is 11.9 Å². The molecule has 2 aliphatic rings. The molecule has 30 heavy (non-hydrogen) atoms. The van der Waals surface area contributed by atoms with E-state index in [-0.39, 0.29) is 36.1 Å². The van der Waals surface area contributed by atoms with E-state index in [2.05, 4.69) is 5.32 Å². The van der Waals surface area contributed by atoms with Crippen molar-refractivity contribution >= 4 is 23.3 Å². The number of fused-ring (bicyclic) bond motifs is 2. The van der Waals surface area contributed by atoms with Crippen LogP contribution in [0.25, 0.3) is 0 Å². The lowest BCUT2D eigenvalue weighted by Crippen LogP contribution is -2.37. The minimum absolute atomic E-state index is 0.0179. The summed E-state index contributed by atoms with van der Waals surface area (Å²) in [5.41, 5.74) is 3.54. The van der Waals surface area contributed by atoms with Crippen LogP contribution in [0.15, 0.2) is 48.5 Å². The molecule has 0 spiro atoms. The molecule has 2 saturated carbocycles. The van der Waals surface area contributed by atoms with Crippen LogP contribution in [-0.4, -0.2) is 24.3 Å². The summed E-state index contributed by atoms with van der Waals surface area (Å²) < 4.78 is 5.38. The summed E-state index contributed by atoms with van der Waals surface area (Å²) in [7, 11) is 0. The SMILES string of the molecule is Cc1ccc(NC(=O)COC(=O)[C@H]2[C@@H]3CC[C@H](C3)[C@@H]2C(=O)c2ccccc2)cc1C. The summed E-state index contributed by atoms with van der Waals surface area (Å²) in [5.74, 6) is -1.18. The molecule has 0 aromatic heterocycles. The summed E-state index contributed by atoms with van der Waals surface area (Å²) in [6.07, 6.45) is 2.81. The van der Waals surface area contributed by atoms with Gasteiger partial charge in [-0.05, 0) is 68.2 Å². The van der Waals surface area contributed by atoms with Gasteiger partial charge >= 0.3 is 5.97 Å². The Hall–Kier alpha value is -2.95. The van der Waals surface area contributed by atoms with E-state index in [0.29, 0.717) is 11.3 Å². The maximum Gasteiger partial charge on any atom is 0.310 e. The number of rotatable bonds is 6. The van der Waals surface area contributed by atoms with Crippen molar-refractivity contribution in [2.45, 2.75) is 33.1 Å². The number of esters is 1. The number of ketones is 1. The molecule has 0 saturated heterocycles. The number of carbonyl (C=O) groups is 3. The van der Waals surface area contributed by atoms with Crippen LogP contribution < -0.4 is 5.32 Å². The highest BCUT2D eigenvalue weighted by molar-refractivity contribution is 6.01. The summed E-state index contributed by atoms with van der Waals surface area (Å²) in [5, 5.41) is 2.77. The molecule has 2 bridgehead atoms. The molecule has 0 radical (unpaired) electrons. The molecular weight excluding hydrogens is 378 g/mol. The lowest BCUT2D eigenvalue weighted by Gasteiger charge is -2.28. The van der Waals surface area contributed by atoms with E-state index in [1.165, 1.54) is 0 Å². The second-order valence-corrected chi connectivity index (χ2v) is 8.57. The van der Waals surface area contributed by atoms with Gasteiger partial charge in [-0.3, -0.25) is 14.4 Å². The normalized spacial score (nSPS) is 24.5. The van der Waals surface area contributed by atoms with Crippen LogP contribution in [-0.2, 0) is 14.3 Å². The van der Waals surface area contributed by atoms with Crippen molar-refractivity contribution in [1.29, 1.82) is 0 Å². The number of hydrogen-bond acceptors (Lipinski definition) is 4. The summed E-state index contributed by atoms with van der Waals surface area (Å²) in [6.45, 7) is 3.64. The van der Waals surface area contributed by atoms with Crippen LogP contribution in [0.1, 0.15) is 40.7 Å². The van der Waals surface area contributed by atoms with Gasteiger partial charge in [0.1, 0.15) is 0 Å². The van der Waals surface area contributed by atoms with Crippen LogP contribution in [0.5, 0.6) is 0 Å². The van der Waals surface area contributed by atoms with Gasteiger partial charge in [-0.2, -0.15) is 0 Å². The number of anilines is 1. The Bertz CT molecular complexity index is 968. The zero-order chi connectivity index (χ0) is 21.3. The van der Waals surface area contributed by atoms with Gasteiger partial charge in [-0.1, -0.05) is 36.4 Å². The third-order valence-corrected chi connectivity index (χ3v) is 6.69. The lowest BCUT2D eigenvalue weighted by atomic mass is 9.75. The third-order valence-electron chi connectivity index (χ3n) is 6.69. The van der Waals surface area contributed by atoms with E-state index in [9.17, 15) is 14.4 Å². The van der Waals surface area contributed by atoms with Crippen molar-refractivity contribution in [3.63, 3.8) is 0 Å². The van der Waals surface area contributed by atoms with Gasteiger partial charge in [0.25, 0.3) is 5.91 Å². The quantitative estimate of drug-likeness (QED) is 0.573. The molecule has 2 aliphatic carbocycles. The summed E-state index contributed by atoms with van der Waals surface area (Å²) >= 11 is 0. The number of Topliss-reactive ketones (excluding diaryl/α,β-unsaturated/α-hetero) is 1. The van der Waals surface area contributed by atoms with E-state index >= 15 is 0 Å². The van der Waals surface area contributed by atoms with Crippen LogP contribution in [0.2, 0.25) is 0 Å². The Labute approximate surface area is 176 Å². The van der Waals surface area contributed by atoms with Crippen molar-refractivity contribution < 1.29 is 19.1 Å². The van der Waals surface area contributed by atoms with Crippen molar-refractivity contribution in [3.05, 3.63) is 65.2 Å². The fraction of sp³-hybridized carbons (Fsp3) is 0.400. The topological polar surface area (TPSA) is 72.5 Å². The highest BCUT2D eigenvalue weighted by Gasteiger charge is 2.54. The number of benzene rings is 2. The molecule has 2 aromatic carbocycles. The first-order valence-electron chi connectivity index (χ1n) is 10.6. The standard InChI is InChI=1S/C25H27NO4/c1-15-8-11-20(12-16(15)2)26-21(27)14-30-25(29)23-19-10-9-18(13-19)22(23)24(28)17-6-4-3-5-7-17/h3-8,11-12,18-19,22-23H,9-10,13-14H2,1-2H3,(H,26,27)/t18-,19-,22+,23+/m1/s1. The number of ether oxygens (including phenoxy) is 1. The first kappa shape index (κ1) is 20.3. The Morgan fingerprint density at radius 3 is 2.33 bits per heavy atom. The fourth-order valence-corrected chi connectivity index (χ4v) is 5.05. The first-order valence-corrected chi connectivity index (χ1v) is 10.6. The van der Waals surface area contributed by atoms with Gasteiger partial charge in [-0.25, -0.2) is 0 Å². The minimum atomic E-state index is -0.453. The van der Waals surface area contributed by atoms with Gasteiger partial charge in [0.05, 0.1) is 5.92 Å². The second kappa shape index (κ2) is 8.42. The number of carbonyl (C=O) groups excluding carboxylic acids is 3. The van der Waals surface area contributed by atoms with Crippen LogP contribution in [0, 0.1) is 37.5 Å². The Balaban J connectivity index is 1.39. The molecule has 5 heteroatoms. The average molecular weight is 405 g/mol. The maximum absolute atomic E-state index is 13.1. The highest BCUT2D eigenvalue weighted by Crippen LogP contribution is 2.53. The fourth-order valence-electron chi connectivity index (χ4n) is 5.05. The van der Waals surface area contributed by atoms with E-state index in [1.807, 2.05) is 50.2 Å². The molecule has 5 nitrogen and oxygen atoms in total. The molecule has 0 unspecified atom stereocenters. The summed E-state index contributed by atoms with van der Waals surface area (Å²) in [4.78, 5) is 38.3. The predicted molar refractivity (Wildman–Crippen MR) is 114 cm³/mol. The van der Waals surface area contributed by atoms with Crippen molar-refractivity contribution in [2.75, 3.05) is 11.9 Å². The first-order chi connectivity index (χ1) is 14.4. The second-order valence-electron chi connectivity index (χ2n) is 8.57. The molecule has 2 aromatic rings. The largest absolute Gasteiger partial charge is 0.455 e. The zero-order valence-corrected chi connectivity index (χ0v) is 17.4. The molecular formula is C25H27NO4. The van der Waals surface area contributed by atoms with Crippen molar-refractivity contribution in [1.82, 2.24) is 0 Å². The van der Waals surface area contributed by atoms with E-state index in [0.717, 1.165) is 30.4 Å². The number of amides is 1. The molecule has 0 aliphatic heterocycles. The lowest BCUT2D eigenvalue weighted by molar-refractivity contribution is -0.154. The predicted octanol–water partition coefficient (Wildman–Crippen LogP) is 4.33. The van der Waals surface area contributed by atoms with Crippen molar-refractivity contribution in [3.8, 4) is 0 Å². The maximum atomic E-state index is 13.1. The van der Waals surface area contributed by atoms with E-state index in [1.54, 1.807) is 12.1 Å². The van der Waals surface area contributed by atoms with Gasteiger partial charge in [0, 0.05) is 17.2 Å². The molecule has 2 fully saturated rings. The average Bonchev–Trinajstić information content (AvgIpc) is 3.36. The Morgan fingerprint density at radius 1 is 0.933 bits per heavy atom. The third kappa shape index (κ3) is 4.02. The molecule has 1 N–H and O–H groups in total.